The molecule has 3 rings (SSSR count). The molecule has 1 aromatic heterocycles. The summed E-state index contributed by atoms with van der Waals surface area (Å²) in [6.07, 6.45) is 0.161. The molecule has 1 heterocycles. The van der Waals surface area contributed by atoms with Crippen LogP contribution in [0.1, 0.15) is 37.6 Å². The summed E-state index contributed by atoms with van der Waals surface area (Å²) in [5, 5.41) is 15.6. The molecule has 0 fully saturated rings. The first kappa shape index (κ1) is 27.9. The minimum Gasteiger partial charge on any atom is -0.439 e. The molecule has 0 unspecified atom stereocenters. The van der Waals surface area contributed by atoms with E-state index < -0.39 is 6.10 Å². The number of aliphatic hydroxyl groups excluding tert-OH is 1. The van der Waals surface area contributed by atoms with Crippen molar-refractivity contribution in [2.75, 3.05) is 40.0 Å². The molecule has 1 N–H and O–H groups in total. The van der Waals surface area contributed by atoms with Crippen molar-refractivity contribution >= 4 is 0 Å². The van der Waals surface area contributed by atoms with Crippen molar-refractivity contribution in [1.29, 1.82) is 0 Å². The van der Waals surface area contributed by atoms with E-state index in [0.29, 0.717) is 51.3 Å². The number of benzene rings is 2. The number of rotatable bonds is 15. The Morgan fingerprint density at radius 3 is 2.39 bits per heavy atom. The van der Waals surface area contributed by atoms with Crippen LogP contribution >= 0.6 is 0 Å². The van der Waals surface area contributed by atoms with E-state index in [1.54, 1.807) is 7.11 Å². The molecule has 7 heteroatoms. The molecular formula is C29H41N3O4. The molecular weight excluding hydrogens is 454 g/mol. The quantitative estimate of drug-likeness (QED) is 0.319. The van der Waals surface area contributed by atoms with Gasteiger partial charge in [0.05, 0.1) is 36.3 Å². The number of methoxy groups -OCH3 is 1. The summed E-state index contributed by atoms with van der Waals surface area (Å²) >= 11 is 0. The second-order valence-electron chi connectivity index (χ2n) is 9.56. The fourth-order valence-electron chi connectivity index (χ4n) is 3.96. The van der Waals surface area contributed by atoms with Crippen molar-refractivity contribution in [3.63, 3.8) is 0 Å². The Hall–Kier alpha value is -2.71. The molecule has 0 aliphatic heterocycles. The van der Waals surface area contributed by atoms with Gasteiger partial charge in [0.25, 0.3) is 0 Å². The fourth-order valence-corrected chi connectivity index (χ4v) is 3.96. The van der Waals surface area contributed by atoms with Gasteiger partial charge in [-0.2, -0.15) is 5.10 Å². The van der Waals surface area contributed by atoms with Gasteiger partial charge in [-0.05, 0) is 43.5 Å². The van der Waals surface area contributed by atoms with Crippen LogP contribution in [0.5, 0.6) is 11.6 Å². The van der Waals surface area contributed by atoms with Gasteiger partial charge in [-0.3, -0.25) is 4.90 Å². The van der Waals surface area contributed by atoms with Crippen molar-refractivity contribution in [3.8, 4) is 17.3 Å². The molecule has 0 saturated carbocycles. The number of para-hydroxylation sites is 1. The third kappa shape index (κ3) is 8.17. The summed E-state index contributed by atoms with van der Waals surface area (Å²) in [6.45, 7) is 11.6. The molecule has 2 aromatic carbocycles. The van der Waals surface area contributed by atoms with E-state index in [0.717, 1.165) is 29.1 Å². The van der Waals surface area contributed by atoms with E-state index in [1.807, 2.05) is 59.3 Å². The van der Waals surface area contributed by atoms with Gasteiger partial charge < -0.3 is 19.3 Å². The third-order valence-corrected chi connectivity index (χ3v) is 5.81. The van der Waals surface area contributed by atoms with Gasteiger partial charge >= 0.3 is 0 Å². The van der Waals surface area contributed by atoms with Gasteiger partial charge in [0.1, 0.15) is 5.75 Å². The molecule has 0 bridgehead atoms. The molecule has 0 saturated heterocycles. The second kappa shape index (κ2) is 14.1. The van der Waals surface area contributed by atoms with Crippen LogP contribution in [0.4, 0.5) is 0 Å². The van der Waals surface area contributed by atoms with Crippen molar-refractivity contribution in [3.05, 3.63) is 71.4 Å². The van der Waals surface area contributed by atoms with E-state index in [2.05, 4.69) is 32.6 Å². The van der Waals surface area contributed by atoms with Crippen molar-refractivity contribution in [1.82, 2.24) is 14.7 Å². The van der Waals surface area contributed by atoms with E-state index >= 15 is 0 Å². The van der Waals surface area contributed by atoms with Crippen LogP contribution in [-0.4, -0.2) is 65.9 Å². The second-order valence-corrected chi connectivity index (χ2v) is 9.56. The fraction of sp³-hybridized carbons (Fsp3) is 0.483. The summed E-state index contributed by atoms with van der Waals surface area (Å²) in [6, 6.07) is 18.1. The highest BCUT2D eigenvalue weighted by molar-refractivity contribution is 5.44. The Kier molecular flexibility index (Phi) is 10.9. The highest BCUT2D eigenvalue weighted by Crippen LogP contribution is 2.32. The highest BCUT2D eigenvalue weighted by Gasteiger charge is 2.24. The van der Waals surface area contributed by atoms with Gasteiger partial charge in [-0.15, -0.1) is 0 Å². The monoisotopic (exact) mass is 495 g/mol. The topological polar surface area (TPSA) is 69.0 Å². The van der Waals surface area contributed by atoms with Crippen molar-refractivity contribution in [2.24, 2.45) is 5.92 Å². The summed E-state index contributed by atoms with van der Waals surface area (Å²) in [5.74, 6) is 1.88. The Labute approximate surface area is 215 Å². The van der Waals surface area contributed by atoms with Crippen LogP contribution < -0.4 is 4.74 Å². The summed E-state index contributed by atoms with van der Waals surface area (Å²) in [5.41, 5.74) is 4.08. The zero-order valence-corrected chi connectivity index (χ0v) is 22.3. The van der Waals surface area contributed by atoms with Gasteiger partial charge in [-0.1, -0.05) is 56.7 Å². The number of aliphatic hydroxyl groups is 1. The highest BCUT2D eigenvalue weighted by atomic mass is 16.5. The normalized spacial score (nSPS) is 12.4. The molecule has 1 atom stereocenters. The predicted molar refractivity (Wildman–Crippen MR) is 143 cm³/mol. The summed E-state index contributed by atoms with van der Waals surface area (Å²) in [7, 11) is 1.69. The maximum Gasteiger partial charge on any atom is 0.227 e. The standard InChI is InChI=1S/C29H41N3O4/c1-6-28-27(19-31(16-17-34-5)18-25(33)21-35-20-22(2)3)29(36-26-14-12-23(4)13-15-26)32(30-28)24-10-8-7-9-11-24/h7-15,22,25,33H,6,16-21H2,1-5H3/t25-/m0/s1. The van der Waals surface area contributed by atoms with Crippen LogP contribution in [-0.2, 0) is 22.4 Å². The molecule has 3 aromatic rings. The predicted octanol–water partition coefficient (Wildman–Crippen LogP) is 5.02. The summed E-state index contributed by atoms with van der Waals surface area (Å²) < 4.78 is 19.4. The summed E-state index contributed by atoms with van der Waals surface area (Å²) in [4.78, 5) is 2.18. The van der Waals surface area contributed by atoms with Crippen LogP contribution in [0.25, 0.3) is 5.69 Å². The minimum atomic E-state index is -0.601. The van der Waals surface area contributed by atoms with Crippen LogP contribution in [0.3, 0.4) is 0 Å². The lowest BCUT2D eigenvalue weighted by atomic mass is 10.1. The van der Waals surface area contributed by atoms with Gasteiger partial charge in [0, 0.05) is 33.4 Å². The lowest BCUT2D eigenvalue weighted by molar-refractivity contribution is 0.00323. The first-order valence-electron chi connectivity index (χ1n) is 12.8. The molecule has 0 spiro atoms. The minimum absolute atomic E-state index is 0.304. The average Bonchev–Trinajstić information content (AvgIpc) is 3.21. The zero-order chi connectivity index (χ0) is 25.9. The van der Waals surface area contributed by atoms with E-state index in [9.17, 15) is 5.11 Å². The third-order valence-electron chi connectivity index (χ3n) is 5.81. The Balaban J connectivity index is 1.92. The molecule has 0 aliphatic carbocycles. The van der Waals surface area contributed by atoms with Crippen molar-refractivity contribution < 1.29 is 19.3 Å². The van der Waals surface area contributed by atoms with Gasteiger partial charge in [0.2, 0.25) is 5.88 Å². The number of nitrogens with zero attached hydrogens (tertiary/aromatic N) is 3. The molecule has 7 nitrogen and oxygen atoms in total. The number of hydrogen-bond acceptors (Lipinski definition) is 6. The SMILES string of the molecule is CCc1nn(-c2ccccc2)c(Oc2ccc(C)cc2)c1CN(CCOC)C[C@H](O)COCC(C)C. The molecule has 196 valence electrons. The van der Waals surface area contributed by atoms with Crippen LogP contribution in [0.2, 0.25) is 0 Å². The number of aromatic nitrogens is 2. The molecule has 36 heavy (non-hydrogen) atoms. The van der Waals surface area contributed by atoms with Crippen LogP contribution in [0, 0.1) is 12.8 Å². The van der Waals surface area contributed by atoms with Gasteiger partial charge in [0.15, 0.2) is 0 Å². The zero-order valence-electron chi connectivity index (χ0n) is 22.3. The smallest absolute Gasteiger partial charge is 0.227 e. The lowest BCUT2D eigenvalue weighted by Crippen LogP contribution is -2.37. The Bertz CT molecular complexity index is 1030. The first-order valence-corrected chi connectivity index (χ1v) is 12.8. The van der Waals surface area contributed by atoms with E-state index in [1.165, 1.54) is 5.56 Å². The number of aryl methyl sites for hydroxylation is 2. The maximum atomic E-state index is 10.7. The molecule has 0 aliphatic rings. The largest absolute Gasteiger partial charge is 0.439 e. The number of ether oxygens (including phenoxy) is 3. The maximum absolute atomic E-state index is 10.7. The van der Waals surface area contributed by atoms with E-state index in [-0.39, 0.29) is 0 Å². The molecule has 0 radical (unpaired) electrons. The first-order chi connectivity index (χ1) is 17.4. The Morgan fingerprint density at radius 1 is 1.03 bits per heavy atom. The molecule has 0 amide bonds. The Morgan fingerprint density at radius 2 is 1.75 bits per heavy atom. The van der Waals surface area contributed by atoms with Crippen LogP contribution in [0.15, 0.2) is 54.6 Å². The average molecular weight is 496 g/mol. The number of hydrogen-bond donors (Lipinski definition) is 1. The van der Waals surface area contributed by atoms with E-state index in [4.69, 9.17) is 19.3 Å². The van der Waals surface area contributed by atoms with Gasteiger partial charge in [-0.25, -0.2) is 4.68 Å². The lowest BCUT2D eigenvalue weighted by Gasteiger charge is -2.25. The van der Waals surface area contributed by atoms with Crippen molar-refractivity contribution in [2.45, 2.75) is 46.8 Å².